The largest absolute Gasteiger partial charge is 0.483 e. The molecule has 0 saturated heterocycles. The number of carbonyl (C=O) groups excluding carboxylic acids is 1. The molecule has 0 aromatic heterocycles. The molecule has 0 aliphatic carbocycles. The molecule has 1 amide bonds. The molecule has 0 spiro atoms. The van der Waals surface area contributed by atoms with Gasteiger partial charge in [0, 0.05) is 6.42 Å². The van der Waals surface area contributed by atoms with E-state index in [4.69, 9.17) is 9.47 Å². The maximum Gasteiger partial charge on any atom is 0.415 e. The Balaban J connectivity index is 1.91. The molecule has 3 rings (SSSR count). The lowest BCUT2D eigenvalue weighted by Gasteiger charge is -2.42. The Labute approximate surface area is 149 Å². The molecule has 0 bridgehead atoms. The molecular formula is C21H25NO3. The highest BCUT2D eigenvalue weighted by Crippen LogP contribution is 2.38. The average Bonchev–Trinajstić information content (AvgIpc) is 2.53. The predicted molar refractivity (Wildman–Crippen MR) is 99.2 cm³/mol. The van der Waals surface area contributed by atoms with Gasteiger partial charge >= 0.3 is 6.09 Å². The highest BCUT2D eigenvalue weighted by molar-refractivity contribution is 5.90. The Morgan fingerprint density at radius 2 is 1.76 bits per heavy atom. The lowest BCUT2D eigenvalue weighted by molar-refractivity contribution is 0.0448. The van der Waals surface area contributed by atoms with Gasteiger partial charge in [-0.25, -0.2) is 4.79 Å². The summed E-state index contributed by atoms with van der Waals surface area (Å²) in [5.74, 6) is 0.707. The van der Waals surface area contributed by atoms with Crippen LogP contribution in [-0.4, -0.2) is 23.8 Å². The summed E-state index contributed by atoms with van der Waals surface area (Å²) in [4.78, 5) is 14.5. The third kappa shape index (κ3) is 4.13. The Morgan fingerprint density at radius 1 is 1.12 bits per heavy atom. The zero-order valence-corrected chi connectivity index (χ0v) is 15.3. The smallest absolute Gasteiger partial charge is 0.415 e. The molecular weight excluding hydrogens is 314 g/mol. The van der Waals surface area contributed by atoms with Gasteiger partial charge in [-0.05, 0) is 45.4 Å². The molecule has 1 aliphatic heterocycles. The zero-order valence-electron chi connectivity index (χ0n) is 15.3. The molecule has 2 aromatic rings. The number of para-hydroxylation sites is 2. The van der Waals surface area contributed by atoms with Crippen LogP contribution in [0.15, 0.2) is 54.6 Å². The summed E-state index contributed by atoms with van der Waals surface area (Å²) in [7, 11) is 0. The number of fused-ring (bicyclic) bond motifs is 1. The van der Waals surface area contributed by atoms with Gasteiger partial charge in [0.15, 0.2) is 0 Å². The van der Waals surface area contributed by atoms with Crippen LogP contribution >= 0.6 is 0 Å². The van der Waals surface area contributed by atoms with E-state index in [0.717, 1.165) is 5.69 Å². The fraction of sp³-hybridized carbons (Fsp3) is 0.381. The number of carbonyl (C=O) groups is 1. The highest BCUT2D eigenvalue weighted by Gasteiger charge is 2.39. The van der Waals surface area contributed by atoms with Crippen molar-refractivity contribution in [1.29, 1.82) is 0 Å². The summed E-state index contributed by atoms with van der Waals surface area (Å²) < 4.78 is 11.9. The Morgan fingerprint density at radius 3 is 2.44 bits per heavy atom. The number of hydrogen-bond acceptors (Lipinski definition) is 3. The van der Waals surface area contributed by atoms with Gasteiger partial charge in [-0.2, -0.15) is 0 Å². The molecule has 1 aliphatic rings. The summed E-state index contributed by atoms with van der Waals surface area (Å²) in [5.41, 5.74) is 0.864. The topological polar surface area (TPSA) is 38.8 Å². The van der Waals surface area contributed by atoms with Gasteiger partial charge in [0.1, 0.15) is 17.0 Å². The number of amides is 1. The second kappa shape index (κ2) is 6.43. The van der Waals surface area contributed by atoms with Crippen LogP contribution in [0.1, 0.15) is 33.3 Å². The molecule has 4 heteroatoms. The first kappa shape index (κ1) is 17.3. The van der Waals surface area contributed by atoms with Crippen LogP contribution in [0.3, 0.4) is 0 Å². The SMILES string of the molecule is CC(C)(C)OC(=O)N1C[C@](C)(Cc2ccccc2)Oc2ccccc21. The van der Waals surface area contributed by atoms with Crippen molar-refractivity contribution in [2.75, 3.05) is 11.4 Å². The highest BCUT2D eigenvalue weighted by atomic mass is 16.6. The minimum absolute atomic E-state index is 0.345. The van der Waals surface area contributed by atoms with E-state index >= 15 is 0 Å². The fourth-order valence-electron chi connectivity index (χ4n) is 3.08. The van der Waals surface area contributed by atoms with E-state index < -0.39 is 11.2 Å². The molecule has 2 aromatic carbocycles. The molecule has 0 radical (unpaired) electrons. The van der Waals surface area contributed by atoms with Crippen molar-refractivity contribution in [3.05, 3.63) is 60.2 Å². The fourth-order valence-corrected chi connectivity index (χ4v) is 3.08. The van der Waals surface area contributed by atoms with Crippen LogP contribution in [0.25, 0.3) is 0 Å². The van der Waals surface area contributed by atoms with Crippen LogP contribution in [0.4, 0.5) is 10.5 Å². The van der Waals surface area contributed by atoms with E-state index in [9.17, 15) is 4.79 Å². The molecule has 25 heavy (non-hydrogen) atoms. The van der Waals surface area contributed by atoms with Crippen molar-refractivity contribution >= 4 is 11.8 Å². The summed E-state index contributed by atoms with van der Waals surface area (Å²) >= 11 is 0. The molecule has 1 atom stereocenters. The second-order valence-corrected chi connectivity index (χ2v) is 7.75. The van der Waals surface area contributed by atoms with Gasteiger partial charge in [-0.3, -0.25) is 4.90 Å². The van der Waals surface area contributed by atoms with Crippen LogP contribution in [0.5, 0.6) is 5.75 Å². The number of anilines is 1. The van der Waals surface area contributed by atoms with Crippen molar-refractivity contribution in [3.8, 4) is 5.75 Å². The summed E-state index contributed by atoms with van der Waals surface area (Å²) in [6, 6.07) is 17.8. The third-order valence-electron chi connectivity index (χ3n) is 4.04. The van der Waals surface area contributed by atoms with Gasteiger partial charge in [0.25, 0.3) is 0 Å². The van der Waals surface area contributed by atoms with E-state index in [0.29, 0.717) is 18.7 Å². The van der Waals surface area contributed by atoms with Crippen LogP contribution < -0.4 is 9.64 Å². The number of hydrogen-bond donors (Lipinski definition) is 0. The molecule has 0 N–H and O–H groups in total. The quantitative estimate of drug-likeness (QED) is 0.787. The molecule has 4 nitrogen and oxygen atoms in total. The molecule has 0 saturated carbocycles. The Kier molecular flexibility index (Phi) is 4.46. The Hall–Kier alpha value is -2.49. The molecule has 0 fully saturated rings. The molecule has 132 valence electrons. The lowest BCUT2D eigenvalue weighted by Crippen LogP contribution is -2.53. The van der Waals surface area contributed by atoms with Gasteiger partial charge in [0.05, 0.1) is 12.2 Å². The number of benzene rings is 2. The zero-order chi connectivity index (χ0) is 18.1. The van der Waals surface area contributed by atoms with E-state index in [-0.39, 0.29) is 6.09 Å². The van der Waals surface area contributed by atoms with Crippen LogP contribution in [-0.2, 0) is 11.2 Å². The van der Waals surface area contributed by atoms with Crippen molar-refractivity contribution in [2.24, 2.45) is 0 Å². The third-order valence-corrected chi connectivity index (χ3v) is 4.04. The minimum Gasteiger partial charge on any atom is -0.483 e. The number of ether oxygens (including phenoxy) is 2. The normalized spacial score (nSPS) is 19.8. The maximum atomic E-state index is 12.8. The molecule has 0 unspecified atom stereocenters. The first-order chi connectivity index (χ1) is 11.8. The average molecular weight is 339 g/mol. The second-order valence-electron chi connectivity index (χ2n) is 7.75. The van der Waals surface area contributed by atoms with Crippen molar-refractivity contribution in [2.45, 2.75) is 45.3 Å². The first-order valence-electron chi connectivity index (χ1n) is 8.58. The lowest BCUT2D eigenvalue weighted by atomic mass is 9.94. The van der Waals surface area contributed by atoms with Crippen molar-refractivity contribution in [1.82, 2.24) is 0 Å². The number of nitrogens with zero attached hydrogens (tertiary/aromatic N) is 1. The summed E-state index contributed by atoms with van der Waals surface area (Å²) in [6.45, 7) is 8.10. The van der Waals surface area contributed by atoms with Gasteiger partial charge in [0.2, 0.25) is 0 Å². The van der Waals surface area contributed by atoms with Gasteiger partial charge in [-0.1, -0.05) is 42.5 Å². The predicted octanol–water partition coefficient (Wildman–Crippen LogP) is 4.82. The summed E-state index contributed by atoms with van der Waals surface area (Å²) in [5, 5.41) is 0. The van der Waals surface area contributed by atoms with Crippen molar-refractivity contribution < 1.29 is 14.3 Å². The summed E-state index contributed by atoms with van der Waals surface area (Å²) in [6.07, 6.45) is 0.365. The van der Waals surface area contributed by atoms with Gasteiger partial charge in [-0.15, -0.1) is 0 Å². The Bertz CT molecular complexity index is 751. The first-order valence-corrected chi connectivity index (χ1v) is 8.58. The minimum atomic E-state index is -0.542. The maximum absolute atomic E-state index is 12.8. The van der Waals surface area contributed by atoms with Crippen LogP contribution in [0.2, 0.25) is 0 Å². The monoisotopic (exact) mass is 339 g/mol. The van der Waals surface area contributed by atoms with E-state index in [1.807, 2.05) is 70.2 Å². The van der Waals surface area contributed by atoms with E-state index in [1.54, 1.807) is 4.90 Å². The van der Waals surface area contributed by atoms with Crippen LogP contribution in [0, 0.1) is 0 Å². The van der Waals surface area contributed by atoms with E-state index in [2.05, 4.69) is 12.1 Å². The molecule has 1 heterocycles. The standard InChI is InChI=1S/C21H25NO3/c1-20(2,3)25-19(23)22-15-21(4,14-16-10-6-5-7-11-16)24-18-13-9-8-12-17(18)22/h5-13H,14-15H2,1-4H3/t21-/m0/s1. The van der Waals surface area contributed by atoms with Crippen molar-refractivity contribution in [3.63, 3.8) is 0 Å². The van der Waals surface area contributed by atoms with E-state index in [1.165, 1.54) is 5.56 Å². The van der Waals surface area contributed by atoms with Gasteiger partial charge < -0.3 is 9.47 Å². The number of rotatable bonds is 2.